The second kappa shape index (κ2) is 5.34. The number of hydrogen-bond acceptors (Lipinski definition) is 3. The number of phenolic OH excluding ortho intramolecular Hbond substituents is 1. The number of benzene rings is 1. The molecule has 1 aromatic heterocycles. The highest BCUT2D eigenvalue weighted by Crippen LogP contribution is 2.18. The summed E-state index contributed by atoms with van der Waals surface area (Å²) in [6, 6.07) is 13.2. The minimum atomic E-state index is 0.298. The Bertz CT molecular complexity index is 471. The number of aromatic nitrogens is 1. The van der Waals surface area contributed by atoms with Gasteiger partial charge in [0.25, 0.3) is 0 Å². The van der Waals surface area contributed by atoms with Gasteiger partial charge in [0.2, 0.25) is 0 Å². The molecule has 88 valence electrons. The normalized spacial score (nSPS) is 10.2. The molecule has 0 saturated carbocycles. The van der Waals surface area contributed by atoms with E-state index in [0.717, 1.165) is 24.3 Å². The van der Waals surface area contributed by atoms with Crippen molar-refractivity contribution in [1.82, 2.24) is 4.98 Å². The zero-order valence-electron chi connectivity index (χ0n) is 9.87. The fraction of sp³-hybridized carbons (Fsp3) is 0.214. The molecule has 0 unspecified atom stereocenters. The Kier molecular flexibility index (Phi) is 3.60. The third-order valence-corrected chi connectivity index (χ3v) is 2.70. The van der Waals surface area contributed by atoms with E-state index in [1.54, 1.807) is 12.1 Å². The molecule has 0 atom stereocenters. The van der Waals surface area contributed by atoms with Crippen molar-refractivity contribution in [3.05, 3.63) is 54.4 Å². The summed E-state index contributed by atoms with van der Waals surface area (Å²) in [6.07, 6.45) is 2.71. The van der Waals surface area contributed by atoms with Crippen molar-refractivity contribution < 1.29 is 5.11 Å². The van der Waals surface area contributed by atoms with Gasteiger partial charge in [-0.2, -0.15) is 0 Å². The Morgan fingerprint density at radius 2 is 2.06 bits per heavy atom. The number of aromatic hydroxyl groups is 1. The van der Waals surface area contributed by atoms with Crippen LogP contribution in [0.25, 0.3) is 0 Å². The average Bonchev–Trinajstić information content (AvgIpc) is 2.37. The van der Waals surface area contributed by atoms with E-state index in [4.69, 9.17) is 0 Å². The maximum Gasteiger partial charge on any atom is 0.117 e. The molecule has 0 radical (unpaired) electrons. The molecule has 1 aromatic carbocycles. The van der Waals surface area contributed by atoms with Gasteiger partial charge in [0, 0.05) is 43.7 Å². The predicted octanol–water partition coefficient (Wildman–Crippen LogP) is 2.47. The van der Waals surface area contributed by atoms with Gasteiger partial charge in [-0.05, 0) is 24.3 Å². The Morgan fingerprint density at radius 3 is 2.76 bits per heavy atom. The van der Waals surface area contributed by atoms with Crippen LogP contribution in [0.2, 0.25) is 0 Å². The molecule has 0 aliphatic rings. The molecule has 2 aromatic rings. The summed E-state index contributed by atoms with van der Waals surface area (Å²) in [5.41, 5.74) is 2.10. The molecule has 17 heavy (non-hydrogen) atoms. The second-order valence-electron chi connectivity index (χ2n) is 4.01. The lowest BCUT2D eigenvalue weighted by Crippen LogP contribution is -2.20. The van der Waals surface area contributed by atoms with E-state index >= 15 is 0 Å². The molecule has 0 saturated heterocycles. The van der Waals surface area contributed by atoms with Crippen molar-refractivity contribution in [1.29, 1.82) is 0 Å². The lowest BCUT2D eigenvalue weighted by Gasteiger charge is -2.19. The molecule has 1 N–H and O–H groups in total. The molecule has 1 heterocycles. The molecule has 0 bridgehead atoms. The van der Waals surface area contributed by atoms with Gasteiger partial charge in [-0.3, -0.25) is 4.98 Å². The number of likely N-dealkylation sites (N-methyl/N-ethyl adjacent to an activating group) is 1. The molecular weight excluding hydrogens is 212 g/mol. The first-order valence-electron chi connectivity index (χ1n) is 5.66. The van der Waals surface area contributed by atoms with Crippen LogP contribution >= 0.6 is 0 Å². The lowest BCUT2D eigenvalue weighted by molar-refractivity contribution is 0.475. The van der Waals surface area contributed by atoms with Crippen LogP contribution in [0.15, 0.2) is 48.7 Å². The summed E-state index contributed by atoms with van der Waals surface area (Å²) in [7, 11) is 2.01. The highest BCUT2D eigenvalue weighted by molar-refractivity contribution is 5.49. The van der Waals surface area contributed by atoms with Gasteiger partial charge in [-0.15, -0.1) is 0 Å². The number of phenols is 1. The highest BCUT2D eigenvalue weighted by atomic mass is 16.3. The Morgan fingerprint density at radius 1 is 1.18 bits per heavy atom. The fourth-order valence-corrected chi connectivity index (χ4v) is 1.69. The van der Waals surface area contributed by atoms with Crippen molar-refractivity contribution in [2.45, 2.75) is 6.42 Å². The molecule has 0 amide bonds. The largest absolute Gasteiger partial charge is 0.508 e. The van der Waals surface area contributed by atoms with Crippen molar-refractivity contribution in [3.8, 4) is 5.75 Å². The van der Waals surface area contributed by atoms with Gasteiger partial charge < -0.3 is 10.0 Å². The Balaban J connectivity index is 1.96. The maximum atomic E-state index is 9.41. The second-order valence-corrected chi connectivity index (χ2v) is 4.01. The molecule has 3 nitrogen and oxygen atoms in total. The zero-order valence-corrected chi connectivity index (χ0v) is 9.87. The SMILES string of the molecule is CN(CCc1ccccn1)c1cccc(O)c1. The zero-order chi connectivity index (χ0) is 12.1. The molecule has 2 rings (SSSR count). The predicted molar refractivity (Wildman–Crippen MR) is 69.3 cm³/mol. The van der Waals surface area contributed by atoms with Crippen LogP contribution in [0.1, 0.15) is 5.69 Å². The van der Waals surface area contributed by atoms with Crippen LogP contribution in [0.4, 0.5) is 5.69 Å². The third-order valence-electron chi connectivity index (χ3n) is 2.70. The first-order valence-corrected chi connectivity index (χ1v) is 5.66. The molecule has 3 heteroatoms. The van der Waals surface area contributed by atoms with Crippen LogP contribution in [0.5, 0.6) is 5.75 Å². The number of nitrogens with zero attached hydrogens (tertiary/aromatic N) is 2. The van der Waals surface area contributed by atoms with Gasteiger partial charge in [0.1, 0.15) is 5.75 Å². The van der Waals surface area contributed by atoms with Crippen molar-refractivity contribution in [3.63, 3.8) is 0 Å². The first-order chi connectivity index (χ1) is 8.25. The summed E-state index contributed by atoms with van der Waals surface area (Å²) >= 11 is 0. The molecule has 0 fully saturated rings. The summed E-state index contributed by atoms with van der Waals surface area (Å²) in [4.78, 5) is 6.39. The molecule has 0 spiro atoms. The smallest absolute Gasteiger partial charge is 0.117 e. The number of hydrogen-bond donors (Lipinski definition) is 1. The Labute approximate surface area is 101 Å². The van der Waals surface area contributed by atoms with E-state index < -0.39 is 0 Å². The Hall–Kier alpha value is -2.03. The fourth-order valence-electron chi connectivity index (χ4n) is 1.69. The quantitative estimate of drug-likeness (QED) is 0.873. The molecular formula is C14H16N2O. The minimum absolute atomic E-state index is 0.298. The number of rotatable bonds is 4. The lowest BCUT2D eigenvalue weighted by atomic mass is 10.2. The van der Waals surface area contributed by atoms with Gasteiger partial charge in [0.05, 0.1) is 0 Å². The monoisotopic (exact) mass is 228 g/mol. The highest BCUT2D eigenvalue weighted by Gasteiger charge is 2.02. The van der Waals surface area contributed by atoms with Gasteiger partial charge in [-0.25, -0.2) is 0 Å². The van der Waals surface area contributed by atoms with Gasteiger partial charge >= 0.3 is 0 Å². The van der Waals surface area contributed by atoms with E-state index in [9.17, 15) is 5.11 Å². The number of pyridine rings is 1. The topological polar surface area (TPSA) is 36.4 Å². The molecule has 0 aliphatic heterocycles. The van der Waals surface area contributed by atoms with Crippen molar-refractivity contribution in [2.24, 2.45) is 0 Å². The average molecular weight is 228 g/mol. The summed E-state index contributed by atoms with van der Waals surface area (Å²) in [5, 5.41) is 9.41. The summed E-state index contributed by atoms with van der Waals surface area (Å²) in [6.45, 7) is 0.875. The van der Waals surface area contributed by atoms with Gasteiger partial charge in [0.15, 0.2) is 0 Å². The van der Waals surface area contributed by atoms with E-state index in [2.05, 4.69) is 9.88 Å². The van der Waals surface area contributed by atoms with Crippen LogP contribution in [0.3, 0.4) is 0 Å². The van der Waals surface area contributed by atoms with Crippen LogP contribution in [-0.2, 0) is 6.42 Å². The van der Waals surface area contributed by atoms with Gasteiger partial charge in [-0.1, -0.05) is 12.1 Å². The van der Waals surface area contributed by atoms with Crippen LogP contribution < -0.4 is 4.90 Å². The first kappa shape index (κ1) is 11.5. The summed E-state index contributed by atoms with van der Waals surface area (Å²) in [5.74, 6) is 0.298. The van der Waals surface area contributed by atoms with E-state index in [1.807, 2.05) is 43.6 Å². The van der Waals surface area contributed by atoms with E-state index in [0.29, 0.717) is 5.75 Å². The van der Waals surface area contributed by atoms with Crippen molar-refractivity contribution in [2.75, 3.05) is 18.5 Å². The standard InChI is InChI=1S/C14H16N2O/c1-16(13-6-4-7-14(17)11-13)10-8-12-5-2-3-9-15-12/h2-7,9,11,17H,8,10H2,1H3. The summed E-state index contributed by atoms with van der Waals surface area (Å²) < 4.78 is 0. The van der Waals surface area contributed by atoms with Crippen LogP contribution in [-0.4, -0.2) is 23.7 Å². The van der Waals surface area contributed by atoms with E-state index in [-0.39, 0.29) is 0 Å². The third kappa shape index (κ3) is 3.21. The van der Waals surface area contributed by atoms with Crippen LogP contribution in [0, 0.1) is 0 Å². The van der Waals surface area contributed by atoms with Crippen molar-refractivity contribution >= 4 is 5.69 Å². The number of anilines is 1. The van der Waals surface area contributed by atoms with E-state index in [1.165, 1.54) is 0 Å². The minimum Gasteiger partial charge on any atom is -0.508 e. The maximum absolute atomic E-state index is 9.41. The molecule has 0 aliphatic carbocycles.